The molecule has 2 N–H and O–H groups in total. The monoisotopic (exact) mass is 254 g/mol. The maximum atomic E-state index is 11.4. The highest BCUT2D eigenvalue weighted by Crippen LogP contribution is 2.35. The zero-order valence-electron chi connectivity index (χ0n) is 10.8. The number of aliphatic hydroxyl groups excluding tert-OH is 1. The molecule has 0 spiro atoms. The number of carboxylic acid groups (broad SMARTS) is 1. The molecular formula is C13H18O5. The summed E-state index contributed by atoms with van der Waals surface area (Å²) in [4.78, 5) is 11.4. The van der Waals surface area contributed by atoms with E-state index in [1.165, 1.54) is 14.2 Å². The van der Waals surface area contributed by atoms with Crippen molar-refractivity contribution < 1.29 is 24.5 Å². The van der Waals surface area contributed by atoms with E-state index >= 15 is 0 Å². The van der Waals surface area contributed by atoms with Gasteiger partial charge < -0.3 is 19.7 Å². The van der Waals surface area contributed by atoms with E-state index in [9.17, 15) is 15.0 Å². The lowest BCUT2D eigenvalue weighted by Crippen LogP contribution is -2.38. The van der Waals surface area contributed by atoms with Crippen LogP contribution in [0.4, 0.5) is 0 Å². The van der Waals surface area contributed by atoms with Gasteiger partial charge in [-0.1, -0.05) is 13.0 Å². The van der Waals surface area contributed by atoms with Gasteiger partial charge in [-0.05, 0) is 24.1 Å². The fourth-order valence-electron chi connectivity index (χ4n) is 1.88. The molecule has 0 aliphatic rings. The summed E-state index contributed by atoms with van der Waals surface area (Å²) in [5, 5.41) is 18.8. The van der Waals surface area contributed by atoms with Gasteiger partial charge in [-0.2, -0.15) is 0 Å². The molecule has 0 saturated heterocycles. The standard InChI is InChI=1S/C13H18O5/c1-4-13(8-14,12(15)16)9-5-6-10(17-2)11(7-9)18-3/h5-7,14H,4,8H2,1-3H3,(H,15,16). The predicted molar refractivity (Wildman–Crippen MR) is 66.2 cm³/mol. The van der Waals surface area contributed by atoms with E-state index in [4.69, 9.17) is 9.47 Å². The van der Waals surface area contributed by atoms with E-state index in [1.54, 1.807) is 25.1 Å². The fraction of sp³-hybridized carbons (Fsp3) is 0.462. The average Bonchev–Trinajstić information content (AvgIpc) is 2.40. The van der Waals surface area contributed by atoms with E-state index in [0.29, 0.717) is 17.1 Å². The first-order valence-electron chi connectivity index (χ1n) is 5.62. The van der Waals surface area contributed by atoms with E-state index < -0.39 is 18.0 Å². The zero-order valence-corrected chi connectivity index (χ0v) is 10.8. The molecule has 0 aliphatic heterocycles. The summed E-state index contributed by atoms with van der Waals surface area (Å²) in [6, 6.07) is 4.86. The molecule has 1 unspecified atom stereocenters. The Morgan fingerprint density at radius 1 is 1.28 bits per heavy atom. The van der Waals surface area contributed by atoms with E-state index in [1.807, 2.05) is 0 Å². The van der Waals surface area contributed by atoms with Gasteiger partial charge in [0.15, 0.2) is 11.5 Å². The minimum atomic E-state index is -1.31. The van der Waals surface area contributed by atoms with Crippen LogP contribution in [0.3, 0.4) is 0 Å². The molecule has 0 aliphatic carbocycles. The van der Waals surface area contributed by atoms with Crippen molar-refractivity contribution in [1.29, 1.82) is 0 Å². The Hall–Kier alpha value is -1.75. The molecule has 18 heavy (non-hydrogen) atoms. The van der Waals surface area contributed by atoms with Gasteiger partial charge >= 0.3 is 5.97 Å². The number of hydrogen-bond acceptors (Lipinski definition) is 4. The first-order valence-corrected chi connectivity index (χ1v) is 5.62. The van der Waals surface area contributed by atoms with Crippen LogP contribution in [0.5, 0.6) is 11.5 Å². The lowest BCUT2D eigenvalue weighted by molar-refractivity contribution is -0.145. The lowest BCUT2D eigenvalue weighted by Gasteiger charge is -2.26. The topological polar surface area (TPSA) is 76.0 Å². The second kappa shape index (κ2) is 5.73. The molecule has 0 bridgehead atoms. The number of carboxylic acids is 1. The highest BCUT2D eigenvalue weighted by molar-refractivity contribution is 5.82. The third kappa shape index (κ3) is 2.26. The van der Waals surface area contributed by atoms with Crippen molar-refractivity contribution in [3.63, 3.8) is 0 Å². The van der Waals surface area contributed by atoms with Crippen LogP contribution in [0.15, 0.2) is 18.2 Å². The number of benzene rings is 1. The van der Waals surface area contributed by atoms with Crippen LogP contribution in [-0.4, -0.2) is 37.0 Å². The minimum Gasteiger partial charge on any atom is -0.493 e. The van der Waals surface area contributed by atoms with Crippen molar-refractivity contribution in [1.82, 2.24) is 0 Å². The number of carbonyl (C=O) groups is 1. The van der Waals surface area contributed by atoms with E-state index in [2.05, 4.69) is 0 Å². The molecule has 1 aromatic carbocycles. The average molecular weight is 254 g/mol. The molecule has 1 aromatic rings. The predicted octanol–water partition coefficient (Wildman–Crippen LogP) is 1.43. The van der Waals surface area contributed by atoms with Crippen LogP contribution in [0, 0.1) is 0 Å². The Morgan fingerprint density at radius 3 is 2.28 bits per heavy atom. The summed E-state index contributed by atoms with van der Waals surface area (Å²) < 4.78 is 10.2. The minimum absolute atomic E-state index is 0.286. The molecule has 5 heteroatoms. The lowest BCUT2D eigenvalue weighted by atomic mass is 9.79. The van der Waals surface area contributed by atoms with Crippen LogP contribution in [0.25, 0.3) is 0 Å². The Balaban J connectivity index is 3.34. The van der Waals surface area contributed by atoms with E-state index in [-0.39, 0.29) is 6.42 Å². The smallest absolute Gasteiger partial charge is 0.316 e. The van der Waals surface area contributed by atoms with Crippen LogP contribution in [0.2, 0.25) is 0 Å². The van der Waals surface area contributed by atoms with Gasteiger partial charge in [0.2, 0.25) is 0 Å². The first-order chi connectivity index (χ1) is 8.55. The normalized spacial score (nSPS) is 13.8. The Bertz CT molecular complexity index is 423. The summed E-state index contributed by atoms with van der Waals surface area (Å²) in [6.45, 7) is 1.26. The number of hydrogen-bond donors (Lipinski definition) is 2. The van der Waals surface area contributed by atoms with Crippen LogP contribution < -0.4 is 9.47 Å². The number of rotatable bonds is 6. The van der Waals surface area contributed by atoms with Gasteiger partial charge in [-0.3, -0.25) is 4.79 Å². The zero-order chi connectivity index (χ0) is 13.8. The molecule has 5 nitrogen and oxygen atoms in total. The summed E-state index contributed by atoms with van der Waals surface area (Å²) in [5.74, 6) is -0.0863. The molecule has 0 heterocycles. The summed E-state index contributed by atoms with van der Waals surface area (Å²) in [7, 11) is 2.99. The SMILES string of the molecule is CCC(CO)(C(=O)O)c1ccc(OC)c(OC)c1. The third-order valence-corrected chi connectivity index (χ3v) is 3.22. The Morgan fingerprint density at radius 2 is 1.89 bits per heavy atom. The van der Waals surface area contributed by atoms with Crippen LogP contribution in [-0.2, 0) is 10.2 Å². The summed E-state index contributed by atoms with van der Waals surface area (Å²) >= 11 is 0. The largest absolute Gasteiger partial charge is 0.493 e. The highest BCUT2D eigenvalue weighted by Gasteiger charge is 2.38. The molecule has 0 radical (unpaired) electrons. The maximum Gasteiger partial charge on any atom is 0.316 e. The summed E-state index contributed by atoms with van der Waals surface area (Å²) in [6.07, 6.45) is 0.286. The van der Waals surface area contributed by atoms with Gasteiger partial charge in [0.05, 0.1) is 20.8 Å². The molecule has 0 amide bonds. The molecule has 1 rings (SSSR count). The van der Waals surface area contributed by atoms with Crippen molar-refractivity contribution in [2.75, 3.05) is 20.8 Å². The molecule has 0 fully saturated rings. The molecule has 100 valence electrons. The second-order valence-corrected chi connectivity index (χ2v) is 3.97. The Labute approximate surface area is 106 Å². The number of aliphatic carboxylic acids is 1. The van der Waals surface area contributed by atoms with Crippen molar-refractivity contribution in [2.45, 2.75) is 18.8 Å². The van der Waals surface area contributed by atoms with Gasteiger partial charge in [0.1, 0.15) is 5.41 Å². The highest BCUT2D eigenvalue weighted by atomic mass is 16.5. The van der Waals surface area contributed by atoms with Crippen LogP contribution >= 0.6 is 0 Å². The molecule has 0 aromatic heterocycles. The summed E-state index contributed by atoms with van der Waals surface area (Å²) in [5.41, 5.74) is -0.808. The van der Waals surface area contributed by atoms with Crippen molar-refractivity contribution in [3.8, 4) is 11.5 Å². The van der Waals surface area contributed by atoms with Gasteiger partial charge in [-0.15, -0.1) is 0 Å². The number of aliphatic hydroxyl groups is 1. The third-order valence-electron chi connectivity index (χ3n) is 3.22. The van der Waals surface area contributed by atoms with Crippen LogP contribution in [0.1, 0.15) is 18.9 Å². The molecular weight excluding hydrogens is 236 g/mol. The van der Waals surface area contributed by atoms with Gasteiger partial charge in [-0.25, -0.2) is 0 Å². The number of methoxy groups -OCH3 is 2. The van der Waals surface area contributed by atoms with E-state index in [0.717, 1.165) is 0 Å². The quantitative estimate of drug-likeness (QED) is 0.803. The van der Waals surface area contributed by atoms with Crippen molar-refractivity contribution in [2.24, 2.45) is 0 Å². The van der Waals surface area contributed by atoms with Crippen molar-refractivity contribution >= 4 is 5.97 Å². The maximum absolute atomic E-state index is 11.4. The second-order valence-electron chi connectivity index (χ2n) is 3.97. The first kappa shape index (κ1) is 14.3. The van der Waals surface area contributed by atoms with Gasteiger partial charge in [0.25, 0.3) is 0 Å². The number of ether oxygens (including phenoxy) is 2. The Kier molecular flexibility index (Phi) is 4.55. The fourth-order valence-corrected chi connectivity index (χ4v) is 1.88. The molecule has 1 atom stereocenters. The van der Waals surface area contributed by atoms with Crippen molar-refractivity contribution in [3.05, 3.63) is 23.8 Å². The molecule has 0 saturated carbocycles. The van der Waals surface area contributed by atoms with Gasteiger partial charge in [0, 0.05) is 0 Å².